The van der Waals surface area contributed by atoms with Gasteiger partial charge in [-0.3, -0.25) is 9.69 Å². The highest BCUT2D eigenvalue weighted by molar-refractivity contribution is 5.82. The molecule has 0 radical (unpaired) electrons. The molecule has 0 aliphatic carbocycles. The monoisotopic (exact) mass is 273 g/mol. The molecule has 1 heterocycles. The number of esters is 1. The molecule has 7 heteroatoms. The van der Waals surface area contributed by atoms with Crippen molar-refractivity contribution >= 4 is 18.5 Å². The Labute approximate surface area is 111 Å². The maximum absolute atomic E-state index is 12.0. The zero-order valence-corrected chi connectivity index (χ0v) is 11.5. The molecule has 108 valence electrons. The molecule has 1 aliphatic rings. The smallest absolute Gasteiger partial charge is 0.411 e. The highest BCUT2D eigenvalue weighted by atomic mass is 16.6. The van der Waals surface area contributed by atoms with Gasteiger partial charge in [0.2, 0.25) is 0 Å². The predicted octanol–water partition coefficient (Wildman–Crippen LogP) is 0.710. The number of rotatable bonds is 3. The number of carbonyl (C=O) groups excluding carboxylic acids is 3. The minimum atomic E-state index is -0.787. The fourth-order valence-electron chi connectivity index (χ4n) is 1.86. The molecule has 0 aromatic carbocycles. The van der Waals surface area contributed by atoms with E-state index in [2.05, 4.69) is 4.74 Å². The van der Waals surface area contributed by atoms with Crippen LogP contribution < -0.4 is 0 Å². The molecule has 0 saturated carbocycles. The van der Waals surface area contributed by atoms with E-state index < -0.39 is 29.8 Å². The maximum Gasteiger partial charge on any atom is 0.411 e. The van der Waals surface area contributed by atoms with Crippen LogP contribution in [0.25, 0.3) is 0 Å². The summed E-state index contributed by atoms with van der Waals surface area (Å²) in [6, 6.07) is -0.787. The Bertz CT molecular complexity index is 362. The standard InChI is InChI=1S/C12H19NO6/c1-12(2,3)19-11(16)13-6-8(18-7-14)5-9(13)10(15)17-4/h7-9H,5-6H2,1-4H3/t8?,9-/m0/s1. The van der Waals surface area contributed by atoms with Crippen LogP contribution in [0.2, 0.25) is 0 Å². The van der Waals surface area contributed by atoms with Gasteiger partial charge in [0, 0.05) is 6.42 Å². The normalized spacial score (nSPS) is 22.8. The third-order valence-corrected chi connectivity index (χ3v) is 2.61. The first-order valence-corrected chi connectivity index (χ1v) is 5.95. The maximum atomic E-state index is 12.0. The first kappa shape index (κ1) is 15.3. The summed E-state index contributed by atoms with van der Waals surface area (Å²) < 4.78 is 14.6. The number of hydrogen-bond donors (Lipinski definition) is 0. The quantitative estimate of drug-likeness (QED) is 0.428. The molecule has 0 aromatic heterocycles. The van der Waals surface area contributed by atoms with E-state index in [0.717, 1.165) is 0 Å². The van der Waals surface area contributed by atoms with E-state index in [1.807, 2.05) is 0 Å². The lowest BCUT2D eigenvalue weighted by molar-refractivity contribution is -0.146. The fourth-order valence-corrected chi connectivity index (χ4v) is 1.86. The summed E-state index contributed by atoms with van der Waals surface area (Å²) in [6.45, 7) is 5.61. The molecule has 1 fully saturated rings. The van der Waals surface area contributed by atoms with Gasteiger partial charge in [-0.05, 0) is 20.8 Å². The number of ether oxygens (including phenoxy) is 3. The molecule has 0 aromatic rings. The van der Waals surface area contributed by atoms with E-state index in [1.165, 1.54) is 12.0 Å². The first-order valence-electron chi connectivity index (χ1n) is 5.95. The highest BCUT2D eigenvalue weighted by Crippen LogP contribution is 2.23. The highest BCUT2D eigenvalue weighted by Gasteiger charge is 2.43. The molecule has 7 nitrogen and oxygen atoms in total. The van der Waals surface area contributed by atoms with Gasteiger partial charge in [0.25, 0.3) is 6.47 Å². The molecule has 0 bridgehead atoms. The summed E-state index contributed by atoms with van der Waals surface area (Å²) in [6.07, 6.45) is -0.931. The van der Waals surface area contributed by atoms with Crippen LogP contribution in [0.1, 0.15) is 27.2 Å². The summed E-state index contributed by atoms with van der Waals surface area (Å²) in [5.41, 5.74) is -0.665. The van der Waals surface area contributed by atoms with Gasteiger partial charge in [-0.2, -0.15) is 0 Å². The van der Waals surface area contributed by atoms with Gasteiger partial charge in [0.05, 0.1) is 13.7 Å². The number of carbonyl (C=O) groups is 3. The lowest BCUT2D eigenvalue weighted by atomic mass is 10.2. The van der Waals surface area contributed by atoms with Crippen molar-refractivity contribution in [1.29, 1.82) is 0 Å². The Morgan fingerprint density at radius 2 is 1.95 bits per heavy atom. The summed E-state index contributed by atoms with van der Waals surface area (Å²) >= 11 is 0. The van der Waals surface area contributed by atoms with Crippen LogP contribution >= 0.6 is 0 Å². The molecule has 1 rings (SSSR count). The van der Waals surface area contributed by atoms with Gasteiger partial charge in [0.1, 0.15) is 17.7 Å². The van der Waals surface area contributed by atoms with Crippen LogP contribution in [-0.2, 0) is 23.8 Å². The van der Waals surface area contributed by atoms with Crippen molar-refractivity contribution in [3.8, 4) is 0 Å². The minimum absolute atomic E-state index is 0.118. The van der Waals surface area contributed by atoms with Crippen molar-refractivity contribution in [3.63, 3.8) is 0 Å². The largest absolute Gasteiger partial charge is 0.467 e. The zero-order valence-electron chi connectivity index (χ0n) is 11.5. The zero-order chi connectivity index (χ0) is 14.6. The van der Waals surface area contributed by atoms with Gasteiger partial charge >= 0.3 is 12.1 Å². The van der Waals surface area contributed by atoms with Gasteiger partial charge in [-0.1, -0.05) is 0 Å². The van der Waals surface area contributed by atoms with Crippen LogP contribution in [0.3, 0.4) is 0 Å². The Kier molecular flexibility index (Phi) is 4.74. The van der Waals surface area contributed by atoms with Crippen LogP contribution in [0.15, 0.2) is 0 Å². The summed E-state index contributed by atoms with van der Waals surface area (Å²) in [5.74, 6) is -0.553. The molecule has 1 aliphatic heterocycles. The van der Waals surface area contributed by atoms with Gasteiger partial charge in [-0.15, -0.1) is 0 Å². The SMILES string of the molecule is COC(=O)[C@@H]1CC(OC=O)CN1C(=O)OC(C)(C)C. The average molecular weight is 273 g/mol. The average Bonchev–Trinajstić information content (AvgIpc) is 2.70. The van der Waals surface area contributed by atoms with Gasteiger partial charge < -0.3 is 14.2 Å². The first-order chi connectivity index (χ1) is 8.78. The van der Waals surface area contributed by atoms with E-state index in [0.29, 0.717) is 6.47 Å². The molecule has 19 heavy (non-hydrogen) atoms. The second-order valence-corrected chi connectivity index (χ2v) is 5.26. The minimum Gasteiger partial charge on any atom is -0.467 e. The van der Waals surface area contributed by atoms with E-state index >= 15 is 0 Å². The Hall–Kier alpha value is -1.79. The third-order valence-electron chi connectivity index (χ3n) is 2.61. The molecule has 2 atom stereocenters. The molecular weight excluding hydrogens is 254 g/mol. The van der Waals surface area contributed by atoms with Crippen LogP contribution in [0.4, 0.5) is 4.79 Å². The summed E-state index contributed by atoms with van der Waals surface area (Å²) in [4.78, 5) is 35.2. The van der Waals surface area contributed by atoms with Gasteiger partial charge in [-0.25, -0.2) is 9.59 Å². The molecule has 0 N–H and O–H groups in total. The second-order valence-electron chi connectivity index (χ2n) is 5.26. The van der Waals surface area contributed by atoms with Crippen molar-refractivity contribution in [3.05, 3.63) is 0 Å². The van der Waals surface area contributed by atoms with E-state index in [-0.39, 0.29) is 13.0 Å². The third kappa shape index (κ3) is 4.11. The van der Waals surface area contributed by atoms with Crippen molar-refractivity contribution in [1.82, 2.24) is 4.90 Å². The van der Waals surface area contributed by atoms with Crippen molar-refractivity contribution in [2.75, 3.05) is 13.7 Å². The van der Waals surface area contributed by atoms with Crippen molar-refractivity contribution in [2.45, 2.75) is 44.9 Å². The number of amides is 1. The van der Waals surface area contributed by atoms with E-state index in [4.69, 9.17) is 9.47 Å². The number of hydrogen-bond acceptors (Lipinski definition) is 6. The van der Waals surface area contributed by atoms with E-state index in [1.54, 1.807) is 20.8 Å². The lowest BCUT2D eigenvalue weighted by Gasteiger charge is -2.27. The molecule has 1 saturated heterocycles. The van der Waals surface area contributed by atoms with Gasteiger partial charge in [0.15, 0.2) is 0 Å². The van der Waals surface area contributed by atoms with Crippen LogP contribution in [0, 0.1) is 0 Å². The lowest BCUT2D eigenvalue weighted by Crippen LogP contribution is -2.44. The molecule has 1 amide bonds. The van der Waals surface area contributed by atoms with Crippen molar-refractivity contribution < 1.29 is 28.6 Å². The van der Waals surface area contributed by atoms with Crippen LogP contribution in [0.5, 0.6) is 0 Å². The van der Waals surface area contributed by atoms with E-state index in [9.17, 15) is 14.4 Å². The Morgan fingerprint density at radius 3 is 2.42 bits per heavy atom. The molecule has 0 spiro atoms. The second kappa shape index (κ2) is 5.90. The summed E-state index contributed by atoms with van der Waals surface area (Å²) in [5, 5.41) is 0. The summed E-state index contributed by atoms with van der Waals surface area (Å²) in [7, 11) is 1.24. The van der Waals surface area contributed by atoms with Crippen molar-refractivity contribution in [2.24, 2.45) is 0 Å². The van der Waals surface area contributed by atoms with Crippen LogP contribution in [-0.4, -0.2) is 54.8 Å². The Balaban J connectivity index is 2.79. The molecule has 1 unspecified atom stereocenters. The molecular formula is C12H19NO6. The number of nitrogens with zero attached hydrogens (tertiary/aromatic N) is 1. The topological polar surface area (TPSA) is 82.1 Å². The predicted molar refractivity (Wildman–Crippen MR) is 64.3 cm³/mol. The number of methoxy groups -OCH3 is 1. The fraction of sp³-hybridized carbons (Fsp3) is 0.750. The Morgan fingerprint density at radius 1 is 1.32 bits per heavy atom. The number of likely N-dealkylation sites (tertiary alicyclic amines) is 1.